The largest absolute Gasteiger partial charge is 0.377 e. The second kappa shape index (κ2) is 6.02. The van der Waals surface area contributed by atoms with Crippen molar-refractivity contribution in [3.63, 3.8) is 0 Å². The molecule has 1 heterocycles. The molecule has 0 unspecified atom stereocenters. The Morgan fingerprint density at radius 2 is 2.11 bits per heavy atom. The second-order valence-corrected chi connectivity index (χ2v) is 4.15. The number of hydrogen-bond donors (Lipinski definition) is 0. The molecule has 18 heavy (non-hydrogen) atoms. The van der Waals surface area contributed by atoms with Crippen LogP contribution in [0.15, 0.2) is 41.6 Å². The van der Waals surface area contributed by atoms with Crippen molar-refractivity contribution in [2.24, 2.45) is 0 Å². The Morgan fingerprint density at radius 3 is 2.61 bits per heavy atom. The molecule has 1 fully saturated rings. The number of hydrogen-bond acceptors (Lipinski definition) is 3. The monoisotopic (exact) mass is 244 g/mol. The molecule has 0 radical (unpaired) electrons. The number of allylic oxidation sites excluding steroid dienone is 2. The molecule has 1 aromatic rings. The van der Waals surface area contributed by atoms with Crippen LogP contribution in [-0.2, 0) is 0 Å². The quantitative estimate of drug-likeness (QED) is 0.456. The number of rotatable bonds is 2. The van der Waals surface area contributed by atoms with Gasteiger partial charge in [0.25, 0.3) is 0 Å². The van der Waals surface area contributed by atoms with E-state index in [-0.39, 0.29) is 11.4 Å². The Hall–Kier alpha value is -2.08. The van der Waals surface area contributed by atoms with E-state index in [1.165, 1.54) is 7.40 Å². The fraction of sp³-hybridized carbons (Fsp3) is 0.333. The van der Waals surface area contributed by atoms with Gasteiger partial charge in [0, 0.05) is 26.2 Å². The molecule has 1 aromatic carbocycles. The van der Waals surface area contributed by atoms with Gasteiger partial charge in [-0.2, -0.15) is 5.26 Å². The standard InChI is InChI=1S/C14H14N2O.CH4/c1-16-9-5-8-13(16)12(10-15)14(17)11-6-3-2-4-7-11;/h2-4,6-7H,5,8-9H2,1H3;1H4/b13-12-;/i;1T. The van der Waals surface area contributed by atoms with Gasteiger partial charge in [0.15, 0.2) is 0 Å². The Kier molecular flexibility index (Phi) is 4.14. The lowest BCUT2D eigenvalue weighted by molar-refractivity contribution is 0.103. The molecule has 3 heteroatoms. The molecule has 2 rings (SSSR count). The van der Waals surface area contributed by atoms with Gasteiger partial charge in [0.05, 0.1) is 0 Å². The Bertz CT molecular complexity index is 503. The van der Waals surface area contributed by atoms with Crippen LogP contribution in [0.5, 0.6) is 0 Å². The van der Waals surface area contributed by atoms with E-state index in [0.717, 1.165) is 25.1 Å². The molecular weight excluding hydrogens is 224 g/mol. The van der Waals surface area contributed by atoms with Gasteiger partial charge in [-0.25, -0.2) is 0 Å². The van der Waals surface area contributed by atoms with Crippen molar-refractivity contribution in [3.8, 4) is 6.07 Å². The van der Waals surface area contributed by atoms with Crippen LogP contribution >= 0.6 is 0 Å². The number of nitrogens with zero attached hydrogens (tertiary/aromatic N) is 2. The summed E-state index contributed by atoms with van der Waals surface area (Å²) >= 11 is 0. The molecule has 0 spiro atoms. The third-order valence-electron chi connectivity index (χ3n) is 3.03. The van der Waals surface area contributed by atoms with Gasteiger partial charge < -0.3 is 4.90 Å². The smallest absolute Gasteiger partial charge is 0.205 e. The molecule has 0 bridgehead atoms. The van der Waals surface area contributed by atoms with E-state index >= 15 is 0 Å². The van der Waals surface area contributed by atoms with Gasteiger partial charge in [-0.15, -0.1) is 0 Å². The molecule has 0 saturated carbocycles. The van der Waals surface area contributed by atoms with Crippen molar-refractivity contribution in [3.05, 3.63) is 47.2 Å². The summed E-state index contributed by atoms with van der Waals surface area (Å²) in [5, 5.41) is 9.18. The van der Waals surface area contributed by atoms with Crippen LogP contribution in [0.4, 0.5) is 0 Å². The first-order chi connectivity index (χ1) is 9.24. The molecule has 0 aromatic heterocycles. The number of Topliss-reactive ketones (excluding diaryl/α,β-unsaturated/α-hetero) is 1. The lowest BCUT2D eigenvalue weighted by atomic mass is 10.0. The van der Waals surface area contributed by atoms with Crippen molar-refractivity contribution < 1.29 is 6.17 Å². The maximum Gasteiger partial charge on any atom is 0.205 e. The minimum Gasteiger partial charge on any atom is -0.377 e. The molecule has 3 nitrogen and oxygen atoms in total. The fourth-order valence-electron chi connectivity index (χ4n) is 2.11. The van der Waals surface area contributed by atoms with Crippen molar-refractivity contribution in [2.75, 3.05) is 13.6 Å². The molecule has 0 N–H and O–H groups in total. The van der Waals surface area contributed by atoms with Gasteiger partial charge in [0.1, 0.15) is 11.6 Å². The summed E-state index contributed by atoms with van der Waals surface area (Å²) in [6.07, 6.45) is 1.83. The van der Waals surface area contributed by atoms with Crippen molar-refractivity contribution in [1.82, 2.24) is 4.90 Å². The van der Waals surface area contributed by atoms with Gasteiger partial charge in [-0.1, -0.05) is 37.7 Å². The first-order valence-corrected chi connectivity index (χ1v) is 5.68. The number of carbonyl (C=O) groups is 1. The number of nitriles is 1. The van der Waals surface area contributed by atoms with Gasteiger partial charge >= 0.3 is 0 Å². The maximum atomic E-state index is 12.2. The molecule has 1 aliphatic rings. The van der Waals surface area contributed by atoms with E-state index < -0.39 is 0 Å². The van der Waals surface area contributed by atoms with E-state index in [1.807, 2.05) is 30.1 Å². The van der Waals surface area contributed by atoms with Crippen LogP contribution in [0.2, 0.25) is 0 Å². The Balaban J connectivity index is 0.000000861. The molecule has 94 valence electrons. The Morgan fingerprint density at radius 1 is 1.44 bits per heavy atom. The summed E-state index contributed by atoms with van der Waals surface area (Å²) in [5.74, 6) is -0.170. The number of carbonyl (C=O) groups excluding carboxylic acids is 1. The van der Waals surface area contributed by atoms with Gasteiger partial charge in [-0.05, 0) is 12.8 Å². The van der Waals surface area contributed by atoms with E-state index in [0.29, 0.717) is 5.56 Å². The molecule has 0 atom stereocenters. The summed E-state index contributed by atoms with van der Waals surface area (Å²) in [6.45, 7) is 0.919. The van der Waals surface area contributed by atoms with Crippen LogP contribution in [0.3, 0.4) is 0 Å². The topological polar surface area (TPSA) is 44.1 Å². The highest BCUT2D eigenvalue weighted by Gasteiger charge is 2.22. The summed E-state index contributed by atoms with van der Waals surface area (Å²) in [4.78, 5) is 14.2. The highest BCUT2D eigenvalue weighted by atomic mass is 16.1. The lowest BCUT2D eigenvalue weighted by Gasteiger charge is -2.14. The van der Waals surface area contributed by atoms with Crippen molar-refractivity contribution >= 4 is 5.78 Å². The predicted molar refractivity (Wildman–Crippen MR) is 72.0 cm³/mol. The van der Waals surface area contributed by atoms with E-state index in [2.05, 4.69) is 6.07 Å². The van der Waals surface area contributed by atoms with Crippen molar-refractivity contribution in [2.45, 2.75) is 20.2 Å². The van der Waals surface area contributed by atoms with Crippen LogP contribution < -0.4 is 0 Å². The normalized spacial score (nSPS) is 17.2. The number of likely N-dealkylation sites (tertiary alicyclic amines) is 1. The highest BCUT2D eigenvalue weighted by Crippen LogP contribution is 2.24. The molecule has 1 aliphatic heterocycles. The van der Waals surface area contributed by atoms with E-state index in [4.69, 9.17) is 1.37 Å². The minimum absolute atomic E-state index is 0.170. The maximum absolute atomic E-state index is 12.2. The third kappa shape index (κ3) is 2.60. The third-order valence-corrected chi connectivity index (χ3v) is 3.03. The lowest BCUT2D eigenvalue weighted by Crippen LogP contribution is -2.15. The zero-order valence-corrected chi connectivity index (χ0v) is 10.8. The van der Waals surface area contributed by atoms with Crippen LogP contribution in [0.25, 0.3) is 0 Å². The van der Waals surface area contributed by atoms with Gasteiger partial charge in [0.2, 0.25) is 5.78 Å². The number of benzene rings is 1. The van der Waals surface area contributed by atoms with Crippen LogP contribution in [0.1, 0.15) is 32.0 Å². The average molecular weight is 244 g/mol. The van der Waals surface area contributed by atoms with Crippen LogP contribution in [-0.4, -0.2) is 24.3 Å². The predicted octanol–water partition coefficient (Wildman–Crippen LogP) is 3.01. The van der Waals surface area contributed by atoms with Crippen molar-refractivity contribution in [1.29, 1.82) is 5.26 Å². The first-order valence-electron chi connectivity index (χ1n) is 6.68. The molecule has 0 aliphatic carbocycles. The molecule has 0 amide bonds. The zero-order valence-electron chi connectivity index (χ0n) is 11.8. The Labute approximate surface area is 110 Å². The average Bonchev–Trinajstić information content (AvgIpc) is 2.89. The summed E-state index contributed by atoms with van der Waals surface area (Å²) in [6, 6.07) is 11.0. The van der Waals surface area contributed by atoms with E-state index in [1.54, 1.807) is 12.1 Å². The van der Waals surface area contributed by atoms with Crippen LogP contribution in [0, 0.1) is 11.3 Å². The highest BCUT2D eigenvalue weighted by molar-refractivity contribution is 6.11. The van der Waals surface area contributed by atoms with E-state index in [9.17, 15) is 10.1 Å². The fourth-order valence-corrected chi connectivity index (χ4v) is 2.11. The first kappa shape index (κ1) is 12.4. The summed E-state index contributed by atoms with van der Waals surface area (Å²) < 4.78 is 5.75. The molecule has 1 saturated heterocycles. The SMILES string of the molecule is CN1CCC/C1=C(\C#N)C(=O)c1ccccc1.[3H]C. The summed E-state index contributed by atoms with van der Waals surface area (Å²) in [7, 11) is 3.18. The second-order valence-electron chi connectivity index (χ2n) is 4.15. The zero-order chi connectivity index (χ0) is 14.3. The van der Waals surface area contributed by atoms with Gasteiger partial charge in [-0.3, -0.25) is 4.79 Å². The molecular formula is C15H18N2O. The number of ketones is 1. The summed E-state index contributed by atoms with van der Waals surface area (Å²) in [5.41, 5.74) is 1.74. The minimum atomic E-state index is -0.170.